The molecule has 6 atom stereocenters. The molecule has 4 saturated carbocycles. The van der Waals surface area contributed by atoms with Crippen LogP contribution in [0.2, 0.25) is 0 Å². The average Bonchev–Trinajstić information content (AvgIpc) is 3.06. The van der Waals surface area contributed by atoms with E-state index in [9.17, 15) is 8.78 Å². The molecule has 0 aromatic heterocycles. The Morgan fingerprint density at radius 2 is 1.90 bits per heavy atom. The number of hydrogen-bond acceptors (Lipinski definition) is 2. The van der Waals surface area contributed by atoms with Crippen LogP contribution in [-0.4, -0.2) is 35.4 Å². The van der Waals surface area contributed by atoms with Gasteiger partial charge in [-0.25, -0.2) is 8.78 Å². The lowest BCUT2D eigenvalue weighted by Gasteiger charge is -2.48. The molecule has 4 bridgehead atoms. The molecule has 5 unspecified atom stereocenters. The highest BCUT2D eigenvalue weighted by molar-refractivity contribution is 7.80. The summed E-state index contributed by atoms with van der Waals surface area (Å²) in [6.07, 6.45) is 2.22. The van der Waals surface area contributed by atoms with Crippen LogP contribution in [0, 0.1) is 28.6 Å². The van der Waals surface area contributed by atoms with Crippen molar-refractivity contribution in [2.24, 2.45) is 34.3 Å². The summed E-state index contributed by atoms with van der Waals surface area (Å²) in [4.78, 5) is 3.30. The summed E-state index contributed by atoms with van der Waals surface area (Å²) >= 11 is 6.16. The predicted molar refractivity (Wildman–Crippen MR) is 116 cm³/mol. The van der Waals surface area contributed by atoms with E-state index in [2.05, 4.69) is 43.0 Å². The molecular formula is C24H32F2N2S. The number of nitrogens with two attached hydrogens (primary N) is 1. The van der Waals surface area contributed by atoms with E-state index in [-0.39, 0.29) is 34.1 Å². The standard InChI is InChI=1S/C24H32F2N2S/c1-22(2)14-28(9-8-18(22)27)21(29)24-11-15-10-23(13-24,16-6-4-3-5-7-16)12-17(24)19(15)20(25)26/h3-7,15,17-20H,8-14,27H2,1-2H3/t15?,17?,18-,19?,23?,24?/m0/s1. The Morgan fingerprint density at radius 3 is 2.55 bits per heavy atom. The second kappa shape index (κ2) is 6.46. The zero-order valence-corrected chi connectivity index (χ0v) is 18.2. The molecule has 0 amide bonds. The molecule has 6 rings (SSSR count). The molecule has 158 valence electrons. The van der Waals surface area contributed by atoms with Crippen LogP contribution in [0.1, 0.15) is 51.5 Å². The van der Waals surface area contributed by atoms with Crippen molar-refractivity contribution in [3.63, 3.8) is 0 Å². The number of rotatable bonds is 3. The van der Waals surface area contributed by atoms with Crippen LogP contribution >= 0.6 is 12.2 Å². The van der Waals surface area contributed by atoms with Crippen molar-refractivity contribution in [2.45, 2.75) is 63.8 Å². The summed E-state index contributed by atoms with van der Waals surface area (Å²) in [7, 11) is 0. The van der Waals surface area contributed by atoms with Gasteiger partial charge in [-0.1, -0.05) is 56.4 Å². The smallest absolute Gasteiger partial charge is 0.242 e. The molecular weight excluding hydrogens is 386 g/mol. The Morgan fingerprint density at radius 1 is 1.17 bits per heavy atom. The summed E-state index contributed by atoms with van der Waals surface area (Å²) in [5.41, 5.74) is 7.45. The molecule has 2 N–H and O–H groups in total. The third kappa shape index (κ3) is 2.76. The van der Waals surface area contributed by atoms with Crippen LogP contribution in [0.4, 0.5) is 8.78 Å². The third-order valence-corrected chi connectivity index (χ3v) is 9.63. The zero-order valence-electron chi connectivity index (χ0n) is 17.4. The maximum atomic E-state index is 14.2. The molecule has 5 fully saturated rings. The summed E-state index contributed by atoms with van der Waals surface area (Å²) in [5, 5.41) is 0. The van der Waals surface area contributed by atoms with Gasteiger partial charge in [-0.05, 0) is 60.3 Å². The summed E-state index contributed by atoms with van der Waals surface area (Å²) in [6.45, 7) is 6.11. The van der Waals surface area contributed by atoms with Crippen LogP contribution in [0.25, 0.3) is 0 Å². The van der Waals surface area contributed by atoms with Gasteiger partial charge in [-0.15, -0.1) is 0 Å². The SMILES string of the molecule is CC1(C)CN(C(=S)C23CC4CC(c5ccccc5)(CC2C4C(F)F)C3)CC[C@@H]1N. The number of likely N-dealkylation sites (tertiary alicyclic amines) is 1. The predicted octanol–water partition coefficient (Wildman–Crippen LogP) is 5.01. The van der Waals surface area contributed by atoms with E-state index in [1.165, 1.54) is 5.56 Å². The monoisotopic (exact) mass is 418 g/mol. The van der Waals surface area contributed by atoms with Gasteiger partial charge in [0.2, 0.25) is 6.43 Å². The Kier molecular flexibility index (Phi) is 4.43. The maximum absolute atomic E-state index is 14.2. The average molecular weight is 419 g/mol. The Balaban J connectivity index is 1.51. The fourth-order valence-corrected chi connectivity index (χ4v) is 8.11. The van der Waals surface area contributed by atoms with Gasteiger partial charge in [0.25, 0.3) is 0 Å². The Labute approximate surface area is 178 Å². The quantitative estimate of drug-likeness (QED) is 0.700. The summed E-state index contributed by atoms with van der Waals surface area (Å²) in [5.74, 6) is -0.402. The van der Waals surface area contributed by atoms with Crippen molar-refractivity contribution in [3.8, 4) is 0 Å². The fourth-order valence-electron chi connectivity index (χ4n) is 7.64. The highest BCUT2D eigenvalue weighted by atomic mass is 32.1. The van der Waals surface area contributed by atoms with Crippen LogP contribution in [0.3, 0.4) is 0 Å². The summed E-state index contributed by atoms with van der Waals surface area (Å²) in [6, 6.07) is 10.8. The number of halogens is 2. The van der Waals surface area contributed by atoms with Crippen LogP contribution in [0.15, 0.2) is 30.3 Å². The van der Waals surface area contributed by atoms with Crippen LogP contribution in [0.5, 0.6) is 0 Å². The minimum absolute atomic E-state index is 0.00614. The van der Waals surface area contributed by atoms with Crippen molar-refractivity contribution >= 4 is 17.2 Å². The Bertz CT molecular complexity index is 812. The Hall–Kier alpha value is -1.07. The van der Waals surface area contributed by atoms with Gasteiger partial charge in [0.1, 0.15) is 0 Å². The van der Waals surface area contributed by atoms with E-state index >= 15 is 0 Å². The molecule has 1 aromatic rings. The van der Waals surface area contributed by atoms with Crippen molar-refractivity contribution in [2.75, 3.05) is 13.1 Å². The lowest BCUT2D eigenvalue weighted by atomic mass is 9.62. The number of alkyl halides is 2. The minimum Gasteiger partial charge on any atom is -0.365 e. The molecule has 29 heavy (non-hydrogen) atoms. The second-order valence-corrected chi connectivity index (χ2v) is 11.4. The zero-order chi connectivity index (χ0) is 20.6. The molecule has 0 radical (unpaired) electrons. The first-order valence-electron chi connectivity index (χ1n) is 11.1. The van der Waals surface area contributed by atoms with Crippen molar-refractivity contribution in [1.29, 1.82) is 0 Å². The largest absolute Gasteiger partial charge is 0.365 e. The van der Waals surface area contributed by atoms with Crippen LogP contribution < -0.4 is 5.73 Å². The van der Waals surface area contributed by atoms with Gasteiger partial charge in [-0.3, -0.25) is 0 Å². The first-order valence-corrected chi connectivity index (χ1v) is 11.5. The third-order valence-electron chi connectivity index (χ3n) is 8.96. The van der Waals surface area contributed by atoms with E-state index < -0.39 is 12.3 Å². The lowest BCUT2D eigenvalue weighted by Crippen LogP contribution is -2.56. The molecule has 1 heterocycles. The van der Waals surface area contributed by atoms with E-state index in [1.807, 2.05) is 6.07 Å². The van der Waals surface area contributed by atoms with E-state index in [0.717, 1.165) is 50.2 Å². The lowest BCUT2D eigenvalue weighted by molar-refractivity contribution is 0.00384. The second-order valence-electron chi connectivity index (χ2n) is 11.0. The topological polar surface area (TPSA) is 29.3 Å². The van der Waals surface area contributed by atoms with Gasteiger partial charge in [0.15, 0.2) is 0 Å². The van der Waals surface area contributed by atoms with Gasteiger partial charge in [0.05, 0.1) is 4.99 Å². The van der Waals surface area contributed by atoms with E-state index in [1.54, 1.807) is 0 Å². The van der Waals surface area contributed by atoms with Crippen molar-refractivity contribution in [1.82, 2.24) is 4.90 Å². The minimum atomic E-state index is -2.24. The summed E-state index contributed by atoms with van der Waals surface area (Å²) < 4.78 is 28.3. The van der Waals surface area contributed by atoms with Crippen molar-refractivity contribution < 1.29 is 8.78 Å². The maximum Gasteiger partial charge on any atom is 0.242 e. The molecule has 5 aliphatic rings. The van der Waals surface area contributed by atoms with Crippen LogP contribution in [-0.2, 0) is 5.41 Å². The number of benzene rings is 1. The number of thiocarbonyl (C=S) groups is 1. The van der Waals surface area contributed by atoms with Gasteiger partial charge in [-0.2, -0.15) is 0 Å². The van der Waals surface area contributed by atoms with E-state index in [4.69, 9.17) is 18.0 Å². The van der Waals surface area contributed by atoms with Gasteiger partial charge < -0.3 is 10.6 Å². The highest BCUT2D eigenvalue weighted by Crippen LogP contribution is 2.74. The van der Waals surface area contributed by atoms with Crippen molar-refractivity contribution in [3.05, 3.63) is 35.9 Å². The molecule has 0 spiro atoms. The highest BCUT2D eigenvalue weighted by Gasteiger charge is 2.71. The first kappa shape index (κ1) is 19.9. The van der Waals surface area contributed by atoms with Gasteiger partial charge in [0, 0.05) is 30.5 Å². The molecule has 1 aromatic carbocycles. The molecule has 4 aliphatic carbocycles. The normalized spacial score (nSPS) is 42.6. The number of hydrogen-bond donors (Lipinski definition) is 1. The van der Waals surface area contributed by atoms with Gasteiger partial charge >= 0.3 is 0 Å². The number of nitrogens with zero attached hydrogens (tertiary/aromatic N) is 1. The molecule has 1 aliphatic heterocycles. The molecule has 1 saturated heterocycles. The fraction of sp³-hybridized carbons (Fsp3) is 0.708. The number of piperidine rings is 1. The molecule has 5 heteroatoms. The molecule has 2 nitrogen and oxygen atoms in total. The first-order chi connectivity index (χ1) is 13.7. The van der Waals surface area contributed by atoms with E-state index in [0.29, 0.717) is 0 Å².